The fourth-order valence-corrected chi connectivity index (χ4v) is 4.05. The maximum Gasteiger partial charge on any atom is 0.280 e. The zero-order valence-corrected chi connectivity index (χ0v) is 16.4. The fourth-order valence-electron chi connectivity index (χ4n) is 4.05. The first-order chi connectivity index (χ1) is 12.8. The Balaban J connectivity index is 0.00000180. The average molecular weight is 419 g/mol. The van der Waals surface area contributed by atoms with Gasteiger partial charge in [0.2, 0.25) is 0 Å². The Labute approximate surface area is 168 Å². The quantitative estimate of drug-likeness (QED) is 0.472. The van der Waals surface area contributed by atoms with Crippen LogP contribution in [0.25, 0.3) is 10.9 Å². The van der Waals surface area contributed by atoms with Crippen LogP contribution in [0, 0.1) is 0 Å². The standard InChI is InChI=1S/C23H18N2O.BrH/c26-23-19-12-6-7-13-21(19)25-15-17-10-4-5-11-18(17)20(22(25)24-23)14-16-8-2-1-3-9-16;/h1-13,20H,14-15H2;1H. The molecule has 0 radical (unpaired) electrons. The molecule has 1 atom stereocenters. The fraction of sp³-hybridized carbons (Fsp3) is 0.130. The number of rotatable bonds is 2. The maximum atomic E-state index is 12.6. The van der Waals surface area contributed by atoms with Gasteiger partial charge in [0.05, 0.1) is 10.9 Å². The monoisotopic (exact) mass is 418 g/mol. The van der Waals surface area contributed by atoms with Gasteiger partial charge in [-0.05, 0) is 35.2 Å². The van der Waals surface area contributed by atoms with Crippen molar-refractivity contribution >= 4 is 27.9 Å². The maximum absolute atomic E-state index is 12.6. The molecule has 1 aliphatic rings. The molecule has 1 unspecified atom stereocenters. The molecule has 1 aromatic heterocycles. The van der Waals surface area contributed by atoms with Crippen LogP contribution in [0.5, 0.6) is 0 Å². The molecule has 0 saturated carbocycles. The topological polar surface area (TPSA) is 34.9 Å². The Bertz CT molecular complexity index is 1170. The minimum absolute atomic E-state index is 0. The smallest absolute Gasteiger partial charge is 0.280 e. The van der Waals surface area contributed by atoms with Crippen LogP contribution in [0.1, 0.15) is 28.4 Å². The van der Waals surface area contributed by atoms with Gasteiger partial charge < -0.3 is 4.57 Å². The Kier molecular flexibility index (Phi) is 4.66. The first kappa shape index (κ1) is 17.7. The number of nitrogens with zero attached hydrogens (tertiary/aromatic N) is 2. The van der Waals surface area contributed by atoms with Crippen molar-refractivity contribution < 1.29 is 0 Å². The molecule has 134 valence electrons. The van der Waals surface area contributed by atoms with Gasteiger partial charge >= 0.3 is 0 Å². The number of fused-ring (bicyclic) bond motifs is 4. The van der Waals surface area contributed by atoms with Crippen molar-refractivity contribution in [1.82, 2.24) is 9.55 Å². The van der Waals surface area contributed by atoms with Crippen molar-refractivity contribution in [3.05, 3.63) is 112 Å². The number of halogens is 1. The number of para-hydroxylation sites is 1. The molecule has 4 heteroatoms. The summed E-state index contributed by atoms with van der Waals surface area (Å²) >= 11 is 0. The minimum atomic E-state index is -0.135. The van der Waals surface area contributed by atoms with Crippen molar-refractivity contribution in [2.24, 2.45) is 0 Å². The van der Waals surface area contributed by atoms with E-state index in [0.717, 1.165) is 24.3 Å². The highest BCUT2D eigenvalue weighted by Crippen LogP contribution is 2.35. The Hall–Kier alpha value is -2.72. The molecule has 0 spiro atoms. The van der Waals surface area contributed by atoms with E-state index in [1.54, 1.807) is 0 Å². The summed E-state index contributed by atoms with van der Waals surface area (Å²) in [4.78, 5) is 17.2. The Morgan fingerprint density at radius 2 is 1.59 bits per heavy atom. The predicted molar refractivity (Wildman–Crippen MR) is 114 cm³/mol. The molecule has 4 aromatic rings. The summed E-state index contributed by atoms with van der Waals surface area (Å²) in [5.41, 5.74) is 4.66. The molecule has 0 amide bonds. The molecule has 1 aliphatic heterocycles. The Morgan fingerprint density at radius 3 is 2.44 bits per heavy atom. The molecule has 0 bridgehead atoms. The molecule has 0 N–H and O–H groups in total. The van der Waals surface area contributed by atoms with Gasteiger partial charge in [0.15, 0.2) is 0 Å². The van der Waals surface area contributed by atoms with E-state index in [4.69, 9.17) is 0 Å². The molecule has 5 rings (SSSR count). The van der Waals surface area contributed by atoms with E-state index in [9.17, 15) is 4.79 Å². The SMILES string of the molecule is Br.O=c1nc2n(c3ccccc13)Cc1ccccc1C2Cc1ccccc1. The van der Waals surface area contributed by atoms with Crippen molar-refractivity contribution in [2.75, 3.05) is 0 Å². The van der Waals surface area contributed by atoms with Gasteiger partial charge in [0.25, 0.3) is 5.56 Å². The number of aromatic nitrogens is 2. The summed E-state index contributed by atoms with van der Waals surface area (Å²) in [5.74, 6) is 0.955. The summed E-state index contributed by atoms with van der Waals surface area (Å²) in [6.07, 6.45) is 0.836. The molecule has 0 saturated heterocycles. The lowest BCUT2D eigenvalue weighted by molar-refractivity contribution is 0.603. The van der Waals surface area contributed by atoms with E-state index >= 15 is 0 Å². The van der Waals surface area contributed by atoms with Gasteiger partial charge in [0, 0.05) is 12.5 Å². The largest absolute Gasteiger partial charge is 0.324 e. The minimum Gasteiger partial charge on any atom is -0.324 e. The van der Waals surface area contributed by atoms with E-state index in [1.165, 1.54) is 16.7 Å². The molecule has 0 fully saturated rings. The second-order valence-electron chi connectivity index (χ2n) is 6.82. The third-order valence-electron chi connectivity index (χ3n) is 5.27. The van der Waals surface area contributed by atoms with E-state index in [1.807, 2.05) is 30.3 Å². The van der Waals surface area contributed by atoms with E-state index in [-0.39, 0.29) is 28.5 Å². The van der Waals surface area contributed by atoms with Crippen molar-refractivity contribution in [3.63, 3.8) is 0 Å². The van der Waals surface area contributed by atoms with Crippen LogP contribution in [0.2, 0.25) is 0 Å². The molecule has 27 heavy (non-hydrogen) atoms. The highest BCUT2D eigenvalue weighted by molar-refractivity contribution is 8.93. The summed E-state index contributed by atoms with van der Waals surface area (Å²) in [6.45, 7) is 0.755. The second kappa shape index (κ2) is 7.12. The van der Waals surface area contributed by atoms with Gasteiger partial charge in [-0.1, -0.05) is 66.7 Å². The molecule has 2 heterocycles. The second-order valence-corrected chi connectivity index (χ2v) is 6.82. The van der Waals surface area contributed by atoms with Gasteiger partial charge in [0.1, 0.15) is 5.82 Å². The molecule has 0 aliphatic carbocycles. The zero-order chi connectivity index (χ0) is 17.5. The average Bonchev–Trinajstić information content (AvgIpc) is 2.70. The number of benzene rings is 3. The molecular weight excluding hydrogens is 400 g/mol. The lowest BCUT2D eigenvalue weighted by Gasteiger charge is -2.30. The lowest BCUT2D eigenvalue weighted by atomic mass is 9.85. The van der Waals surface area contributed by atoms with Gasteiger partial charge in [-0.25, -0.2) is 0 Å². The van der Waals surface area contributed by atoms with Crippen LogP contribution in [0.3, 0.4) is 0 Å². The summed E-state index contributed by atoms with van der Waals surface area (Å²) in [5, 5.41) is 0.689. The van der Waals surface area contributed by atoms with E-state index in [2.05, 4.69) is 58.1 Å². The molecule has 3 aromatic carbocycles. The first-order valence-corrected chi connectivity index (χ1v) is 8.92. The molecule has 3 nitrogen and oxygen atoms in total. The summed E-state index contributed by atoms with van der Waals surface area (Å²) in [7, 11) is 0. The Morgan fingerprint density at radius 1 is 0.889 bits per heavy atom. The van der Waals surface area contributed by atoms with Crippen LogP contribution in [-0.2, 0) is 13.0 Å². The summed E-state index contributed by atoms with van der Waals surface area (Å²) in [6, 6.07) is 26.7. The van der Waals surface area contributed by atoms with Crippen LogP contribution in [-0.4, -0.2) is 9.55 Å². The van der Waals surface area contributed by atoms with Gasteiger partial charge in [-0.3, -0.25) is 4.79 Å². The number of hydrogen-bond donors (Lipinski definition) is 0. The van der Waals surface area contributed by atoms with Crippen LogP contribution >= 0.6 is 17.0 Å². The van der Waals surface area contributed by atoms with Gasteiger partial charge in [-0.15, -0.1) is 17.0 Å². The van der Waals surface area contributed by atoms with Crippen LogP contribution in [0.4, 0.5) is 0 Å². The molecular formula is C23H19BrN2O. The highest BCUT2D eigenvalue weighted by Gasteiger charge is 2.28. The van der Waals surface area contributed by atoms with E-state index < -0.39 is 0 Å². The lowest BCUT2D eigenvalue weighted by Crippen LogP contribution is -2.28. The summed E-state index contributed by atoms with van der Waals surface area (Å²) < 4.78 is 2.21. The number of hydrogen-bond acceptors (Lipinski definition) is 2. The first-order valence-electron chi connectivity index (χ1n) is 8.92. The zero-order valence-electron chi connectivity index (χ0n) is 14.7. The highest BCUT2D eigenvalue weighted by atomic mass is 79.9. The van der Waals surface area contributed by atoms with Crippen LogP contribution in [0.15, 0.2) is 83.7 Å². The van der Waals surface area contributed by atoms with Crippen molar-refractivity contribution in [2.45, 2.75) is 18.9 Å². The third-order valence-corrected chi connectivity index (χ3v) is 5.27. The normalized spacial score (nSPS) is 14.9. The third kappa shape index (κ3) is 3.00. The predicted octanol–water partition coefficient (Wildman–Crippen LogP) is 4.71. The van der Waals surface area contributed by atoms with Crippen molar-refractivity contribution in [1.29, 1.82) is 0 Å². The van der Waals surface area contributed by atoms with Crippen LogP contribution < -0.4 is 5.56 Å². The van der Waals surface area contributed by atoms with Crippen molar-refractivity contribution in [3.8, 4) is 0 Å². The van der Waals surface area contributed by atoms with E-state index in [0.29, 0.717) is 5.39 Å². The van der Waals surface area contributed by atoms with Gasteiger partial charge in [-0.2, -0.15) is 4.98 Å².